The van der Waals surface area contributed by atoms with Gasteiger partial charge in [0.2, 0.25) is 21.8 Å². The van der Waals surface area contributed by atoms with E-state index in [9.17, 15) is 18.0 Å². The predicted octanol–water partition coefficient (Wildman–Crippen LogP) is 1.46. The third kappa shape index (κ3) is 4.62. The molecule has 0 aromatic heterocycles. The van der Waals surface area contributed by atoms with Crippen LogP contribution in [0.15, 0.2) is 41.8 Å². The molecule has 7 nitrogen and oxygen atoms in total. The van der Waals surface area contributed by atoms with Gasteiger partial charge in [0.1, 0.15) is 0 Å². The number of sulfonamides is 1. The number of hydrogen-bond donors (Lipinski definition) is 1. The number of nitrogens with zero attached hydrogens (tertiary/aromatic N) is 2. The smallest absolute Gasteiger partial charge is 0.245 e. The second-order valence-electron chi connectivity index (χ2n) is 7.54. The third-order valence-electron chi connectivity index (χ3n) is 5.74. The predicted molar refractivity (Wildman–Crippen MR) is 106 cm³/mol. The van der Waals surface area contributed by atoms with Crippen LogP contribution in [0, 0.1) is 5.92 Å². The molecular weight excluding hydrogens is 378 g/mol. The van der Waals surface area contributed by atoms with Crippen LogP contribution in [0.25, 0.3) is 0 Å². The number of rotatable bonds is 4. The van der Waals surface area contributed by atoms with Crippen molar-refractivity contribution in [2.45, 2.75) is 36.5 Å². The number of benzene rings is 1. The molecule has 28 heavy (non-hydrogen) atoms. The number of primary sulfonamides is 1. The molecule has 152 valence electrons. The summed E-state index contributed by atoms with van der Waals surface area (Å²) >= 11 is 0. The van der Waals surface area contributed by atoms with Gasteiger partial charge in [0.05, 0.1) is 10.8 Å². The fraction of sp³-hybridized carbons (Fsp3) is 0.500. The first kappa shape index (κ1) is 20.5. The second kappa shape index (κ2) is 8.45. The summed E-state index contributed by atoms with van der Waals surface area (Å²) in [6.07, 6.45) is 4.63. The quantitative estimate of drug-likeness (QED) is 0.767. The van der Waals surface area contributed by atoms with Crippen molar-refractivity contribution >= 4 is 21.8 Å². The molecule has 2 amide bonds. The fourth-order valence-electron chi connectivity index (χ4n) is 4.13. The zero-order valence-electron chi connectivity index (χ0n) is 15.9. The van der Waals surface area contributed by atoms with Gasteiger partial charge in [-0.1, -0.05) is 18.7 Å². The summed E-state index contributed by atoms with van der Waals surface area (Å²) < 4.78 is 22.8. The molecular formula is C20H27N3O4S. The van der Waals surface area contributed by atoms with E-state index >= 15 is 0 Å². The summed E-state index contributed by atoms with van der Waals surface area (Å²) in [4.78, 5) is 28.4. The largest absolute Gasteiger partial charge is 0.342 e. The Morgan fingerprint density at radius 3 is 2.25 bits per heavy atom. The summed E-state index contributed by atoms with van der Waals surface area (Å²) in [7, 11) is -3.68. The van der Waals surface area contributed by atoms with Crippen LogP contribution in [-0.4, -0.2) is 56.2 Å². The highest BCUT2D eigenvalue weighted by molar-refractivity contribution is 7.89. The molecule has 1 atom stereocenters. The molecule has 2 aliphatic rings. The van der Waals surface area contributed by atoms with Crippen LogP contribution in [0.4, 0.5) is 0 Å². The number of nitrogens with two attached hydrogens (primary N) is 1. The van der Waals surface area contributed by atoms with Gasteiger partial charge >= 0.3 is 0 Å². The lowest BCUT2D eigenvalue weighted by molar-refractivity contribution is -0.140. The van der Waals surface area contributed by atoms with Gasteiger partial charge in [0.25, 0.3) is 0 Å². The van der Waals surface area contributed by atoms with Crippen molar-refractivity contribution in [3.8, 4) is 0 Å². The molecule has 2 fully saturated rings. The van der Waals surface area contributed by atoms with E-state index in [2.05, 4.69) is 6.58 Å². The van der Waals surface area contributed by atoms with Gasteiger partial charge in [-0.15, -0.1) is 0 Å². The van der Waals surface area contributed by atoms with Gasteiger partial charge in [-0.05, 0) is 55.4 Å². The first-order valence-electron chi connectivity index (χ1n) is 9.62. The Balaban J connectivity index is 1.57. The van der Waals surface area contributed by atoms with Gasteiger partial charge in [0, 0.05) is 26.2 Å². The Bertz CT molecular complexity index is 843. The summed E-state index contributed by atoms with van der Waals surface area (Å²) in [5, 5.41) is 5.14. The van der Waals surface area contributed by atoms with Gasteiger partial charge in [-0.3, -0.25) is 9.59 Å². The van der Waals surface area contributed by atoms with Crippen LogP contribution in [0.1, 0.15) is 37.2 Å². The zero-order chi connectivity index (χ0) is 20.3. The monoisotopic (exact) mass is 405 g/mol. The van der Waals surface area contributed by atoms with E-state index in [1.54, 1.807) is 4.90 Å². The molecule has 0 saturated carbocycles. The summed E-state index contributed by atoms with van der Waals surface area (Å²) in [5.74, 6) is 0.177. The van der Waals surface area contributed by atoms with Crippen molar-refractivity contribution in [1.82, 2.24) is 9.80 Å². The Labute approximate surface area is 166 Å². The maximum Gasteiger partial charge on any atom is 0.245 e. The van der Waals surface area contributed by atoms with E-state index in [1.807, 2.05) is 17.0 Å². The fourth-order valence-corrected chi connectivity index (χ4v) is 4.64. The number of piperidine rings is 2. The van der Waals surface area contributed by atoms with Gasteiger partial charge in [0.15, 0.2) is 0 Å². The van der Waals surface area contributed by atoms with Crippen molar-refractivity contribution < 1.29 is 18.0 Å². The maximum absolute atomic E-state index is 12.9. The van der Waals surface area contributed by atoms with E-state index in [1.165, 1.54) is 18.2 Å². The van der Waals surface area contributed by atoms with Crippen molar-refractivity contribution in [3.63, 3.8) is 0 Å². The van der Waals surface area contributed by atoms with Crippen molar-refractivity contribution in [2.75, 3.05) is 26.2 Å². The van der Waals surface area contributed by atoms with Crippen LogP contribution in [0.5, 0.6) is 0 Å². The molecule has 0 spiro atoms. The lowest BCUT2D eigenvalue weighted by Crippen LogP contribution is -2.48. The summed E-state index contributed by atoms with van der Waals surface area (Å²) in [6.45, 7) is 6.03. The molecule has 2 aliphatic heterocycles. The molecule has 3 rings (SSSR count). The maximum atomic E-state index is 12.9. The minimum absolute atomic E-state index is 0.111. The number of carbonyl (C=O) groups excluding carboxylic acids is 2. The zero-order valence-corrected chi connectivity index (χ0v) is 16.7. The van der Waals surface area contributed by atoms with Crippen molar-refractivity contribution in [1.29, 1.82) is 0 Å². The molecule has 0 bridgehead atoms. The molecule has 2 saturated heterocycles. The van der Waals surface area contributed by atoms with Crippen molar-refractivity contribution in [3.05, 3.63) is 42.5 Å². The molecule has 1 aromatic carbocycles. The lowest BCUT2D eigenvalue weighted by atomic mass is 9.88. The van der Waals surface area contributed by atoms with Crippen LogP contribution in [0.2, 0.25) is 0 Å². The summed E-state index contributed by atoms with van der Waals surface area (Å²) in [5.41, 5.74) is 1.07. The normalized spacial score (nSPS) is 21.4. The molecule has 8 heteroatoms. The van der Waals surface area contributed by atoms with E-state index in [0.717, 1.165) is 31.2 Å². The Morgan fingerprint density at radius 2 is 1.68 bits per heavy atom. The molecule has 2 heterocycles. The lowest BCUT2D eigenvalue weighted by Gasteiger charge is -2.37. The number of likely N-dealkylation sites (tertiary alicyclic amines) is 2. The number of hydrogen-bond acceptors (Lipinski definition) is 4. The SMILES string of the molecule is C=CC(=O)N1CCCC(C(=O)N2CCC(c3ccc(S(N)(=O)=O)cc3)CC2)C1. The Hall–Kier alpha value is -2.19. The minimum atomic E-state index is -3.68. The Kier molecular flexibility index (Phi) is 6.20. The third-order valence-corrected chi connectivity index (χ3v) is 6.67. The summed E-state index contributed by atoms with van der Waals surface area (Å²) in [6, 6.07) is 6.69. The number of carbonyl (C=O) groups is 2. The Morgan fingerprint density at radius 1 is 1.04 bits per heavy atom. The van der Waals surface area contributed by atoms with Gasteiger partial charge in [-0.25, -0.2) is 13.6 Å². The highest BCUT2D eigenvalue weighted by atomic mass is 32.2. The number of amides is 2. The minimum Gasteiger partial charge on any atom is -0.342 e. The molecule has 0 aliphatic carbocycles. The van der Waals surface area contributed by atoms with E-state index in [0.29, 0.717) is 32.1 Å². The van der Waals surface area contributed by atoms with Crippen LogP contribution < -0.4 is 5.14 Å². The first-order chi connectivity index (χ1) is 13.3. The topological polar surface area (TPSA) is 101 Å². The average Bonchev–Trinajstić information content (AvgIpc) is 2.72. The highest BCUT2D eigenvalue weighted by Crippen LogP contribution is 2.30. The highest BCUT2D eigenvalue weighted by Gasteiger charge is 2.32. The van der Waals surface area contributed by atoms with E-state index in [-0.39, 0.29) is 22.6 Å². The van der Waals surface area contributed by atoms with Crippen molar-refractivity contribution in [2.24, 2.45) is 11.1 Å². The van der Waals surface area contributed by atoms with Crippen LogP contribution in [-0.2, 0) is 19.6 Å². The van der Waals surface area contributed by atoms with Gasteiger partial charge in [-0.2, -0.15) is 0 Å². The van der Waals surface area contributed by atoms with Crippen LogP contribution in [0.3, 0.4) is 0 Å². The first-order valence-corrected chi connectivity index (χ1v) is 11.2. The average molecular weight is 406 g/mol. The van der Waals surface area contributed by atoms with Crippen LogP contribution >= 0.6 is 0 Å². The molecule has 1 aromatic rings. The molecule has 0 radical (unpaired) electrons. The van der Waals surface area contributed by atoms with Gasteiger partial charge < -0.3 is 9.80 Å². The second-order valence-corrected chi connectivity index (χ2v) is 9.10. The standard InChI is InChI=1S/C20H27N3O4S/c1-2-19(24)23-11-3-4-17(14-23)20(25)22-12-9-16(10-13-22)15-5-7-18(8-6-15)28(21,26)27/h2,5-8,16-17H,1,3-4,9-14H2,(H2,21,26,27). The van der Waals surface area contributed by atoms with E-state index < -0.39 is 10.0 Å². The molecule has 2 N–H and O–H groups in total. The molecule has 1 unspecified atom stereocenters. The van der Waals surface area contributed by atoms with E-state index in [4.69, 9.17) is 5.14 Å².